The van der Waals surface area contributed by atoms with Crippen molar-refractivity contribution in [2.45, 2.75) is 52.1 Å². The number of imidazole rings is 2. The third-order valence-corrected chi connectivity index (χ3v) is 8.36. The number of aromatic carboxylic acids is 1. The lowest BCUT2D eigenvalue weighted by Gasteiger charge is -2.32. The highest BCUT2D eigenvalue weighted by Gasteiger charge is 2.24. The lowest BCUT2D eigenvalue weighted by Crippen LogP contribution is -2.38. The third-order valence-electron chi connectivity index (χ3n) is 7.83. The molecule has 0 aliphatic carbocycles. The fourth-order valence-corrected chi connectivity index (χ4v) is 5.93. The Morgan fingerprint density at radius 1 is 1.07 bits per heavy atom. The van der Waals surface area contributed by atoms with E-state index in [1.807, 2.05) is 24.7 Å². The van der Waals surface area contributed by atoms with Gasteiger partial charge in [0, 0.05) is 37.1 Å². The number of piperidine rings is 1. The van der Waals surface area contributed by atoms with E-state index < -0.39 is 5.97 Å². The van der Waals surface area contributed by atoms with Crippen LogP contribution in [0.5, 0.6) is 11.5 Å². The number of ether oxygens (including phenoxy) is 2. The number of halogens is 2. The molecular weight excluding hydrogens is 603 g/mol. The number of likely N-dealkylation sites (tertiary alicyclic amines) is 1. The highest BCUT2D eigenvalue weighted by atomic mass is 35.5. The number of aryl methyl sites for hydroxylation is 1. The van der Waals surface area contributed by atoms with Gasteiger partial charge in [0.25, 0.3) is 0 Å². The number of benzene rings is 2. The van der Waals surface area contributed by atoms with Crippen molar-refractivity contribution in [1.29, 1.82) is 0 Å². The minimum Gasteiger partial charge on any atom is -0.488 e. The van der Waals surface area contributed by atoms with Gasteiger partial charge in [-0.3, -0.25) is 9.88 Å². The molecule has 5 aromatic rings. The number of carbonyl (C=O) groups is 1. The molecule has 1 N–H and O–H groups in total. The zero-order valence-electron chi connectivity index (χ0n) is 24.2. The average molecular weight is 636 g/mol. The number of hydrogen-bond donors (Lipinski definition) is 1. The molecule has 12 heteroatoms. The number of hydrogen-bond acceptors (Lipinski definition) is 7. The van der Waals surface area contributed by atoms with Gasteiger partial charge in [0.05, 0.1) is 46.7 Å². The van der Waals surface area contributed by atoms with Gasteiger partial charge in [0.2, 0.25) is 0 Å². The van der Waals surface area contributed by atoms with Crippen LogP contribution in [0.4, 0.5) is 0 Å². The van der Waals surface area contributed by atoms with E-state index in [2.05, 4.69) is 30.9 Å². The molecule has 1 aliphatic heterocycles. The summed E-state index contributed by atoms with van der Waals surface area (Å²) in [4.78, 5) is 27.8. The number of nitrogens with zero attached hydrogens (tertiary/aromatic N) is 6. The second-order valence-corrected chi connectivity index (χ2v) is 11.5. The molecule has 1 aliphatic rings. The Morgan fingerprint density at radius 3 is 2.68 bits per heavy atom. The van der Waals surface area contributed by atoms with Crippen LogP contribution in [-0.2, 0) is 26.2 Å². The van der Waals surface area contributed by atoms with Crippen LogP contribution in [0.25, 0.3) is 11.0 Å². The van der Waals surface area contributed by atoms with E-state index in [1.54, 1.807) is 42.6 Å². The van der Waals surface area contributed by atoms with Gasteiger partial charge in [-0.1, -0.05) is 23.2 Å². The minimum absolute atomic E-state index is 0.0316. The number of fused-ring (bicyclic) bond motifs is 1. The Kier molecular flexibility index (Phi) is 9.02. The Bertz CT molecular complexity index is 1780. The van der Waals surface area contributed by atoms with Crippen LogP contribution in [-0.4, -0.2) is 59.3 Å². The predicted molar refractivity (Wildman–Crippen MR) is 168 cm³/mol. The smallest absolute Gasteiger partial charge is 0.335 e. The highest BCUT2D eigenvalue weighted by molar-refractivity contribution is 6.35. The maximum absolute atomic E-state index is 11.7. The van der Waals surface area contributed by atoms with Crippen molar-refractivity contribution in [2.24, 2.45) is 0 Å². The zero-order chi connectivity index (χ0) is 30.6. The van der Waals surface area contributed by atoms with Crippen molar-refractivity contribution in [3.63, 3.8) is 0 Å². The molecule has 44 heavy (non-hydrogen) atoms. The van der Waals surface area contributed by atoms with E-state index in [0.717, 1.165) is 55.0 Å². The first-order valence-electron chi connectivity index (χ1n) is 14.5. The van der Waals surface area contributed by atoms with Gasteiger partial charge in [0.1, 0.15) is 35.7 Å². The van der Waals surface area contributed by atoms with Gasteiger partial charge in [-0.15, -0.1) is 0 Å². The molecule has 1 saturated heterocycles. The second-order valence-electron chi connectivity index (χ2n) is 10.7. The SMILES string of the molecule is CCn1cncc1Cn1c(CN2CCC(Oc3cccnc3COc3ccc(Cl)cc3Cl)CC2)nc2ccc(C(=O)O)cc21. The lowest BCUT2D eigenvalue weighted by molar-refractivity contribution is 0.0697. The van der Waals surface area contributed by atoms with Crippen molar-refractivity contribution in [3.05, 3.63) is 100 Å². The predicted octanol–water partition coefficient (Wildman–Crippen LogP) is 6.32. The topological polar surface area (TPSA) is 108 Å². The first kappa shape index (κ1) is 29.9. The van der Waals surface area contributed by atoms with Crippen LogP contribution in [0, 0.1) is 0 Å². The van der Waals surface area contributed by atoms with E-state index in [-0.39, 0.29) is 18.3 Å². The summed E-state index contributed by atoms with van der Waals surface area (Å²) in [7, 11) is 0. The van der Waals surface area contributed by atoms with Crippen LogP contribution >= 0.6 is 23.2 Å². The molecule has 2 aromatic carbocycles. The van der Waals surface area contributed by atoms with Gasteiger partial charge < -0.3 is 23.7 Å². The summed E-state index contributed by atoms with van der Waals surface area (Å²) in [6, 6.07) is 14.0. The van der Waals surface area contributed by atoms with E-state index in [4.69, 9.17) is 37.7 Å². The molecule has 0 unspecified atom stereocenters. The minimum atomic E-state index is -0.959. The van der Waals surface area contributed by atoms with Gasteiger partial charge in [-0.05, 0) is 68.3 Å². The maximum Gasteiger partial charge on any atom is 0.335 e. The highest BCUT2D eigenvalue weighted by Crippen LogP contribution is 2.30. The Balaban J connectivity index is 1.13. The standard InChI is InChI=1S/C32H32Cl2N6O4/c1-2-39-20-35-16-23(39)17-40-28-14-21(32(41)42)5-7-26(28)37-31(40)18-38-12-9-24(10-13-38)44-30-4-3-11-36-27(30)19-43-29-8-6-22(33)15-25(29)34/h3-8,11,14-16,20,24H,2,9-10,12-13,17-19H2,1H3,(H,41,42). The molecule has 4 heterocycles. The van der Waals surface area contributed by atoms with Crippen molar-refractivity contribution in [2.75, 3.05) is 13.1 Å². The van der Waals surface area contributed by atoms with E-state index >= 15 is 0 Å². The second kappa shape index (κ2) is 13.3. The van der Waals surface area contributed by atoms with Gasteiger partial charge in [-0.25, -0.2) is 14.8 Å². The zero-order valence-corrected chi connectivity index (χ0v) is 25.7. The maximum atomic E-state index is 11.7. The number of pyridine rings is 1. The molecule has 0 spiro atoms. The van der Waals surface area contributed by atoms with Crippen molar-refractivity contribution in [1.82, 2.24) is 29.0 Å². The molecule has 10 nitrogen and oxygen atoms in total. The molecule has 0 atom stereocenters. The Hall–Kier alpha value is -4.12. The van der Waals surface area contributed by atoms with Crippen molar-refractivity contribution in [3.8, 4) is 11.5 Å². The van der Waals surface area contributed by atoms with Crippen LogP contribution in [0.3, 0.4) is 0 Å². The molecular formula is C32H32Cl2N6O4. The number of rotatable bonds is 11. The van der Waals surface area contributed by atoms with Gasteiger partial charge in [0.15, 0.2) is 0 Å². The molecule has 6 rings (SSSR count). The van der Waals surface area contributed by atoms with Gasteiger partial charge >= 0.3 is 5.97 Å². The quantitative estimate of drug-likeness (QED) is 0.180. The fraction of sp³-hybridized carbons (Fsp3) is 0.312. The molecule has 3 aromatic heterocycles. The first-order chi connectivity index (χ1) is 21.4. The van der Waals surface area contributed by atoms with E-state index in [9.17, 15) is 9.90 Å². The molecule has 0 amide bonds. The summed E-state index contributed by atoms with van der Waals surface area (Å²) in [6.07, 6.45) is 7.09. The van der Waals surface area contributed by atoms with Crippen LogP contribution in [0.2, 0.25) is 10.0 Å². The Morgan fingerprint density at radius 2 is 1.91 bits per heavy atom. The normalized spacial score (nSPS) is 14.2. The van der Waals surface area contributed by atoms with Gasteiger partial charge in [-0.2, -0.15) is 0 Å². The summed E-state index contributed by atoms with van der Waals surface area (Å²) in [6.45, 7) is 5.93. The van der Waals surface area contributed by atoms with E-state index in [1.165, 1.54) is 0 Å². The summed E-state index contributed by atoms with van der Waals surface area (Å²) in [5.41, 5.74) is 3.55. The third kappa shape index (κ3) is 6.67. The summed E-state index contributed by atoms with van der Waals surface area (Å²) >= 11 is 12.3. The summed E-state index contributed by atoms with van der Waals surface area (Å²) in [5.74, 6) is 1.15. The number of carboxylic acids is 1. The van der Waals surface area contributed by atoms with Crippen LogP contribution < -0.4 is 9.47 Å². The number of aromatic nitrogens is 5. The summed E-state index contributed by atoms with van der Waals surface area (Å²) in [5, 5.41) is 10.6. The van der Waals surface area contributed by atoms with E-state index in [0.29, 0.717) is 40.3 Å². The first-order valence-corrected chi connectivity index (χ1v) is 15.3. The Labute approximate surface area is 264 Å². The fourth-order valence-electron chi connectivity index (χ4n) is 5.47. The average Bonchev–Trinajstić information content (AvgIpc) is 3.62. The summed E-state index contributed by atoms with van der Waals surface area (Å²) < 4.78 is 16.5. The molecule has 228 valence electrons. The molecule has 0 radical (unpaired) electrons. The monoisotopic (exact) mass is 634 g/mol. The van der Waals surface area contributed by atoms with Crippen LogP contribution in [0.15, 0.2) is 67.3 Å². The molecule has 0 bridgehead atoms. The largest absolute Gasteiger partial charge is 0.488 e. The lowest BCUT2D eigenvalue weighted by atomic mass is 10.1. The van der Waals surface area contributed by atoms with Crippen LogP contribution in [0.1, 0.15) is 47.3 Å². The number of carboxylic acid groups (broad SMARTS) is 1. The molecule has 0 saturated carbocycles. The van der Waals surface area contributed by atoms with Crippen molar-refractivity contribution < 1.29 is 19.4 Å². The molecule has 1 fully saturated rings. The van der Waals surface area contributed by atoms with Crippen molar-refractivity contribution >= 4 is 40.2 Å².